The third-order valence-electron chi connectivity index (χ3n) is 3.39. The highest BCUT2D eigenvalue weighted by molar-refractivity contribution is 7.80. The zero-order valence-electron chi connectivity index (χ0n) is 14.2. The molecule has 2 amide bonds. The summed E-state index contributed by atoms with van der Waals surface area (Å²) in [5, 5.41) is 5.58. The van der Waals surface area contributed by atoms with Crippen LogP contribution in [0.1, 0.15) is 20.7 Å². The molecule has 0 atom stereocenters. The van der Waals surface area contributed by atoms with Crippen molar-refractivity contribution in [3.8, 4) is 5.75 Å². The molecule has 2 aromatic rings. The van der Waals surface area contributed by atoms with E-state index in [0.29, 0.717) is 22.6 Å². The second-order valence-corrected chi connectivity index (χ2v) is 5.76. The number of methoxy groups -OCH3 is 1. The minimum atomic E-state index is -0.397. The lowest BCUT2D eigenvalue weighted by Gasteiger charge is -2.16. The van der Waals surface area contributed by atoms with Crippen LogP contribution in [-0.2, 0) is 0 Å². The molecule has 2 aromatic carbocycles. The Kier molecular flexibility index (Phi) is 6.08. The van der Waals surface area contributed by atoms with E-state index in [1.807, 2.05) is 0 Å². The number of anilines is 1. The minimum absolute atomic E-state index is 0.0925. The van der Waals surface area contributed by atoms with E-state index in [1.165, 1.54) is 12.0 Å². The van der Waals surface area contributed by atoms with E-state index in [4.69, 9.17) is 17.0 Å². The number of nitrogens with zero attached hydrogens (tertiary/aromatic N) is 1. The number of carbonyl (C=O) groups is 2. The number of para-hydroxylation sites is 2. The van der Waals surface area contributed by atoms with Crippen LogP contribution in [0.2, 0.25) is 0 Å². The van der Waals surface area contributed by atoms with E-state index in [-0.39, 0.29) is 11.0 Å². The van der Waals surface area contributed by atoms with Gasteiger partial charge in [-0.25, -0.2) is 0 Å². The summed E-state index contributed by atoms with van der Waals surface area (Å²) in [6, 6.07) is 13.8. The third kappa shape index (κ3) is 4.54. The number of thiocarbonyl (C=S) groups is 1. The van der Waals surface area contributed by atoms with Crippen molar-refractivity contribution in [1.82, 2.24) is 10.2 Å². The zero-order chi connectivity index (χ0) is 18.4. The lowest BCUT2D eigenvalue weighted by atomic mass is 10.1. The average molecular weight is 357 g/mol. The fraction of sp³-hybridized carbons (Fsp3) is 0.167. The van der Waals surface area contributed by atoms with E-state index < -0.39 is 5.91 Å². The van der Waals surface area contributed by atoms with Crippen molar-refractivity contribution < 1.29 is 14.3 Å². The number of ether oxygens (including phenoxy) is 1. The smallest absolute Gasteiger partial charge is 0.261 e. The van der Waals surface area contributed by atoms with Gasteiger partial charge in [-0.15, -0.1) is 0 Å². The molecule has 0 spiro atoms. The van der Waals surface area contributed by atoms with Crippen LogP contribution in [-0.4, -0.2) is 43.0 Å². The first-order valence-electron chi connectivity index (χ1n) is 7.50. The van der Waals surface area contributed by atoms with Gasteiger partial charge in [-0.3, -0.25) is 14.9 Å². The maximum Gasteiger partial charge on any atom is 0.261 e. The van der Waals surface area contributed by atoms with Crippen molar-refractivity contribution in [3.63, 3.8) is 0 Å². The van der Waals surface area contributed by atoms with Gasteiger partial charge in [0, 0.05) is 14.1 Å². The van der Waals surface area contributed by atoms with E-state index in [1.54, 1.807) is 62.6 Å². The van der Waals surface area contributed by atoms with E-state index >= 15 is 0 Å². The van der Waals surface area contributed by atoms with Gasteiger partial charge >= 0.3 is 0 Å². The van der Waals surface area contributed by atoms with Crippen LogP contribution in [0.4, 0.5) is 5.69 Å². The van der Waals surface area contributed by atoms with Crippen LogP contribution in [0.5, 0.6) is 5.75 Å². The van der Waals surface area contributed by atoms with E-state index in [9.17, 15) is 9.59 Å². The van der Waals surface area contributed by atoms with Crippen LogP contribution in [0.25, 0.3) is 0 Å². The summed E-state index contributed by atoms with van der Waals surface area (Å²) in [5.74, 6) is -0.112. The van der Waals surface area contributed by atoms with Crippen LogP contribution >= 0.6 is 12.2 Å². The molecule has 0 aliphatic heterocycles. The minimum Gasteiger partial charge on any atom is -0.496 e. The Balaban J connectivity index is 2.13. The monoisotopic (exact) mass is 357 g/mol. The molecule has 6 nitrogen and oxygen atoms in total. The molecule has 130 valence electrons. The van der Waals surface area contributed by atoms with Gasteiger partial charge in [0.15, 0.2) is 5.11 Å². The average Bonchev–Trinajstić information content (AvgIpc) is 2.61. The van der Waals surface area contributed by atoms with Gasteiger partial charge in [-0.2, -0.15) is 0 Å². The van der Waals surface area contributed by atoms with Crippen molar-refractivity contribution >= 4 is 34.8 Å². The number of hydrogen-bond acceptors (Lipinski definition) is 4. The first-order chi connectivity index (χ1) is 11.9. The Morgan fingerprint density at radius 1 is 1.00 bits per heavy atom. The largest absolute Gasteiger partial charge is 0.496 e. The first-order valence-corrected chi connectivity index (χ1v) is 7.91. The Hall–Kier alpha value is -2.93. The predicted molar refractivity (Wildman–Crippen MR) is 101 cm³/mol. The number of nitrogens with one attached hydrogen (secondary N) is 2. The summed E-state index contributed by atoms with van der Waals surface area (Å²) >= 11 is 5.19. The van der Waals surface area contributed by atoms with Crippen molar-refractivity contribution in [2.45, 2.75) is 0 Å². The van der Waals surface area contributed by atoms with Crippen molar-refractivity contribution in [1.29, 1.82) is 0 Å². The second kappa shape index (κ2) is 8.25. The summed E-state index contributed by atoms with van der Waals surface area (Å²) in [4.78, 5) is 26.0. The highest BCUT2D eigenvalue weighted by atomic mass is 32.1. The molecule has 0 unspecified atom stereocenters. The molecule has 0 fully saturated rings. The number of carbonyl (C=O) groups excluding carboxylic acids is 2. The summed E-state index contributed by atoms with van der Waals surface area (Å²) in [7, 11) is 4.83. The van der Waals surface area contributed by atoms with Crippen LogP contribution in [0.15, 0.2) is 48.5 Å². The van der Waals surface area contributed by atoms with Gasteiger partial charge in [-0.05, 0) is 36.5 Å². The Labute approximate surface area is 151 Å². The molecule has 0 saturated carbocycles. The van der Waals surface area contributed by atoms with Gasteiger partial charge in [0.1, 0.15) is 5.75 Å². The first kappa shape index (κ1) is 18.4. The molecule has 0 aromatic heterocycles. The molecule has 0 aliphatic carbocycles. The number of rotatable bonds is 4. The maximum atomic E-state index is 12.4. The van der Waals surface area contributed by atoms with Gasteiger partial charge in [0.25, 0.3) is 11.8 Å². The van der Waals surface area contributed by atoms with Gasteiger partial charge in [0.2, 0.25) is 0 Å². The van der Waals surface area contributed by atoms with Gasteiger partial charge in [0.05, 0.1) is 23.9 Å². The Morgan fingerprint density at radius 3 is 2.24 bits per heavy atom. The highest BCUT2D eigenvalue weighted by Gasteiger charge is 2.16. The topological polar surface area (TPSA) is 70.7 Å². The maximum absolute atomic E-state index is 12.4. The normalized spacial score (nSPS) is 9.88. The molecule has 0 bridgehead atoms. The molecule has 0 aliphatic rings. The molecule has 7 heteroatoms. The van der Waals surface area contributed by atoms with E-state index in [0.717, 1.165) is 0 Å². The highest BCUT2D eigenvalue weighted by Crippen LogP contribution is 2.18. The van der Waals surface area contributed by atoms with Crippen molar-refractivity contribution in [3.05, 3.63) is 59.7 Å². The second-order valence-electron chi connectivity index (χ2n) is 5.35. The van der Waals surface area contributed by atoms with E-state index in [2.05, 4.69) is 10.6 Å². The number of amides is 2. The molecule has 0 radical (unpaired) electrons. The predicted octanol–water partition coefficient (Wildman–Crippen LogP) is 2.52. The molecular formula is C18H19N3O3S. The third-order valence-corrected chi connectivity index (χ3v) is 3.59. The zero-order valence-corrected chi connectivity index (χ0v) is 15.0. The summed E-state index contributed by atoms with van der Waals surface area (Å²) in [6.07, 6.45) is 0. The fourth-order valence-electron chi connectivity index (χ4n) is 2.18. The Morgan fingerprint density at radius 2 is 1.60 bits per heavy atom. The molecule has 2 N–H and O–H groups in total. The molecule has 0 saturated heterocycles. The number of hydrogen-bond donors (Lipinski definition) is 2. The molecular weight excluding hydrogens is 338 g/mol. The number of benzene rings is 2. The fourth-order valence-corrected chi connectivity index (χ4v) is 2.38. The quantitative estimate of drug-likeness (QED) is 0.823. The lowest BCUT2D eigenvalue weighted by Crippen LogP contribution is -2.35. The summed E-state index contributed by atoms with van der Waals surface area (Å²) < 4.78 is 5.17. The van der Waals surface area contributed by atoms with Gasteiger partial charge < -0.3 is 15.0 Å². The molecule has 2 rings (SSSR count). The molecule has 25 heavy (non-hydrogen) atoms. The summed E-state index contributed by atoms with van der Waals surface area (Å²) in [6.45, 7) is 0. The van der Waals surface area contributed by atoms with Crippen molar-refractivity contribution in [2.24, 2.45) is 0 Å². The van der Waals surface area contributed by atoms with Crippen LogP contribution in [0.3, 0.4) is 0 Å². The SMILES string of the molecule is COc1ccccc1C(=O)NC(=S)Nc1ccccc1C(=O)N(C)C. The van der Waals surface area contributed by atoms with Gasteiger partial charge in [-0.1, -0.05) is 24.3 Å². The van der Waals surface area contributed by atoms with Crippen LogP contribution < -0.4 is 15.4 Å². The summed E-state index contributed by atoms with van der Waals surface area (Å²) in [5.41, 5.74) is 1.35. The van der Waals surface area contributed by atoms with Crippen LogP contribution in [0, 0.1) is 0 Å². The standard InChI is InChI=1S/C18H19N3O3S/c1-21(2)17(23)12-8-4-6-10-14(12)19-18(25)20-16(22)13-9-5-7-11-15(13)24-3/h4-11H,1-3H3,(H2,19,20,22,25). The Bertz CT molecular complexity index is 806. The molecule has 0 heterocycles. The van der Waals surface area contributed by atoms with Crippen molar-refractivity contribution in [2.75, 3.05) is 26.5 Å². The lowest BCUT2D eigenvalue weighted by molar-refractivity contribution is 0.0828.